The average molecular weight is 387 g/mol. The van der Waals surface area contributed by atoms with E-state index in [0.717, 1.165) is 25.7 Å². The Kier molecular flexibility index (Phi) is 5.03. The fourth-order valence-corrected chi connectivity index (χ4v) is 4.69. The zero-order chi connectivity index (χ0) is 17.9. The van der Waals surface area contributed by atoms with Crippen molar-refractivity contribution in [3.63, 3.8) is 0 Å². The van der Waals surface area contributed by atoms with Crippen LogP contribution in [0.2, 0.25) is 0 Å². The summed E-state index contributed by atoms with van der Waals surface area (Å²) in [7, 11) is 0. The van der Waals surface area contributed by atoms with Crippen LogP contribution >= 0.6 is 23.1 Å². The molecule has 1 aromatic carbocycles. The number of carbonyl (C=O) groups excluding carboxylic acids is 1. The number of nitrogens with zero attached hydrogens (tertiary/aromatic N) is 3. The van der Waals surface area contributed by atoms with Gasteiger partial charge in [-0.05, 0) is 25.0 Å². The first-order valence-corrected chi connectivity index (χ1v) is 10.4. The molecule has 0 radical (unpaired) electrons. The van der Waals surface area contributed by atoms with Crippen LogP contribution < -0.4 is 10.9 Å². The molecule has 1 aliphatic rings. The molecule has 1 amide bonds. The zero-order valence-corrected chi connectivity index (χ0v) is 15.7. The molecule has 3 aromatic rings. The van der Waals surface area contributed by atoms with Crippen LogP contribution in [0.1, 0.15) is 31.7 Å². The molecule has 134 valence electrons. The Morgan fingerprint density at radius 2 is 2.12 bits per heavy atom. The molecule has 6 nitrogen and oxygen atoms in total. The number of thioether (sulfide) groups is 1. The van der Waals surface area contributed by atoms with Gasteiger partial charge in [-0.2, -0.15) is 0 Å². The largest absolute Gasteiger partial charge is 0.301 e. The van der Waals surface area contributed by atoms with E-state index in [4.69, 9.17) is 0 Å². The Balaban J connectivity index is 1.63. The molecular weight excluding hydrogens is 368 g/mol. The second kappa shape index (κ2) is 7.59. The second-order valence-corrected chi connectivity index (χ2v) is 8.04. The van der Waals surface area contributed by atoms with E-state index in [2.05, 4.69) is 15.3 Å². The summed E-state index contributed by atoms with van der Waals surface area (Å²) in [5.41, 5.74) is 0.667. The van der Waals surface area contributed by atoms with Crippen molar-refractivity contribution in [2.45, 2.75) is 36.9 Å². The predicted molar refractivity (Wildman–Crippen MR) is 105 cm³/mol. The molecule has 0 bridgehead atoms. The summed E-state index contributed by atoms with van der Waals surface area (Å²) < 4.78 is 1.80. The number of nitrogens with one attached hydrogen (secondary N) is 1. The topological polar surface area (TPSA) is 76.9 Å². The minimum absolute atomic E-state index is 0.00895. The summed E-state index contributed by atoms with van der Waals surface area (Å²) >= 11 is 2.69. The standard InChI is InChI=1S/C18H18N4O2S2/c23-15(21-17-19-9-10-25-17)11-26-18-20-14-8-4-3-7-13(14)16(24)22(18)12-5-1-2-6-12/h3-4,7-10,12H,1-2,5-6,11H2,(H,19,21,23). The van der Waals surface area contributed by atoms with Gasteiger partial charge in [0.05, 0.1) is 16.7 Å². The van der Waals surface area contributed by atoms with Crippen LogP contribution in [0.3, 0.4) is 0 Å². The van der Waals surface area contributed by atoms with Crippen molar-refractivity contribution >= 4 is 45.0 Å². The lowest BCUT2D eigenvalue weighted by Gasteiger charge is -2.18. The van der Waals surface area contributed by atoms with Gasteiger partial charge in [0.2, 0.25) is 5.91 Å². The van der Waals surface area contributed by atoms with Gasteiger partial charge in [-0.3, -0.25) is 14.2 Å². The van der Waals surface area contributed by atoms with Crippen molar-refractivity contribution in [2.24, 2.45) is 0 Å². The van der Waals surface area contributed by atoms with Crippen LogP contribution in [0.25, 0.3) is 10.9 Å². The van der Waals surface area contributed by atoms with Crippen LogP contribution in [0.5, 0.6) is 0 Å². The first-order valence-electron chi connectivity index (χ1n) is 8.56. The number of thiazole rings is 1. The fourth-order valence-electron chi connectivity index (χ4n) is 3.28. The fraction of sp³-hybridized carbons (Fsp3) is 0.333. The SMILES string of the molecule is O=C(CSc1nc2ccccc2c(=O)n1C1CCCC1)Nc1nccs1. The maximum Gasteiger partial charge on any atom is 0.262 e. The summed E-state index contributed by atoms with van der Waals surface area (Å²) in [6.07, 6.45) is 5.87. The third kappa shape index (κ3) is 3.52. The van der Waals surface area contributed by atoms with Crippen molar-refractivity contribution in [2.75, 3.05) is 11.1 Å². The van der Waals surface area contributed by atoms with Crippen molar-refractivity contribution in [1.29, 1.82) is 0 Å². The van der Waals surface area contributed by atoms with Gasteiger partial charge in [0.1, 0.15) is 0 Å². The van der Waals surface area contributed by atoms with E-state index in [1.165, 1.54) is 23.1 Å². The van der Waals surface area contributed by atoms with Gasteiger partial charge in [-0.25, -0.2) is 9.97 Å². The first kappa shape index (κ1) is 17.2. The zero-order valence-electron chi connectivity index (χ0n) is 14.1. The molecule has 1 fully saturated rings. The Bertz CT molecular complexity index is 979. The van der Waals surface area contributed by atoms with E-state index in [-0.39, 0.29) is 23.3 Å². The number of para-hydroxylation sites is 1. The maximum atomic E-state index is 13.0. The Hall–Kier alpha value is -2.19. The van der Waals surface area contributed by atoms with Gasteiger partial charge in [0, 0.05) is 17.6 Å². The number of anilines is 1. The summed E-state index contributed by atoms with van der Waals surface area (Å²) in [4.78, 5) is 34.0. The van der Waals surface area contributed by atoms with Crippen LogP contribution in [0.4, 0.5) is 5.13 Å². The monoisotopic (exact) mass is 386 g/mol. The third-order valence-electron chi connectivity index (χ3n) is 4.48. The number of rotatable bonds is 5. The van der Waals surface area contributed by atoms with Gasteiger partial charge in [0.25, 0.3) is 5.56 Å². The lowest BCUT2D eigenvalue weighted by molar-refractivity contribution is -0.113. The van der Waals surface area contributed by atoms with E-state index in [1.54, 1.807) is 10.8 Å². The normalized spacial score (nSPS) is 14.8. The highest BCUT2D eigenvalue weighted by Gasteiger charge is 2.23. The number of hydrogen-bond acceptors (Lipinski definition) is 6. The van der Waals surface area contributed by atoms with Gasteiger partial charge in [-0.1, -0.05) is 36.7 Å². The molecule has 0 atom stereocenters. The lowest BCUT2D eigenvalue weighted by Crippen LogP contribution is -2.27. The number of hydrogen-bond donors (Lipinski definition) is 1. The molecule has 0 saturated heterocycles. The molecule has 2 heterocycles. The molecule has 8 heteroatoms. The van der Waals surface area contributed by atoms with E-state index < -0.39 is 0 Å². The molecule has 0 unspecified atom stereocenters. The minimum Gasteiger partial charge on any atom is -0.301 e. The third-order valence-corrected chi connectivity index (χ3v) is 6.12. The summed E-state index contributed by atoms with van der Waals surface area (Å²) in [6.45, 7) is 0. The Morgan fingerprint density at radius 3 is 2.88 bits per heavy atom. The summed E-state index contributed by atoms with van der Waals surface area (Å²) in [6, 6.07) is 7.57. The van der Waals surface area contributed by atoms with Crippen molar-refractivity contribution < 1.29 is 4.79 Å². The van der Waals surface area contributed by atoms with Gasteiger partial charge in [0.15, 0.2) is 10.3 Å². The van der Waals surface area contributed by atoms with Crippen LogP contribution in [0.15, 0.2) is 45.8 Å². The lowest BCUT2D eigenvalue weighted by atomic mass is 10.2. The summed E-state index contributed by atoms with van der Waals surface area (Å²) in [5.74, 6) is 0.0437. The maximum absolute atomic E-state index is 13.0. The van der Waals surface area contributed by atoms with Crippen LogP contribution in [-0.2, 0) is 4.79 Å². The number of benzene rings is 1. The number of fused-ring (bicyclic) bond motifs is 1. The molecule has 1 aliphatic carbocycles. The van der Waals surface area contributed by atoms with Crippen molar-refractivity contribution in [3.8, 4) is 0 Å². The highest BCUT2D eigenvalue weighted by Crippen LogP contribution is 2.32. The molecular formula is C18H18N4O2S2. The van der Waals surface area contributed by atoms with Crippen molar-refractivity contribution in [3.05, 3.63) is 46.2 Å². The average Bonchev–Trinajstić information content (AvgIpc) is 3.34. The molecule has 4 rings (SSSR count). The summed E-state index contributed by atoms with van der Waals surface area (Å²) in [5, 5.41) is 6.41. The quantitative estimate of drug-likeness (QED) is 0.534. The molecule has 1 N–H and O–H groups in total. The second-order valence-electron chi connectivity index (χ2n) is 6.20. The van der Waals surface area contributed by atoms with Crippen LogP contribution in [-0.4, -0.2) is 26.2 Å². The molecule has 1 saturated carbocycles. The van der Waals surface area contributed by atoms with Crippen molar-refractivity contribution in [1.82, 2.24) is 14.5 Å². The molecule has 26 heavy (non-hydrogen) atoms. The van der Waals surface area contributed by atoms with E-state index in [9.17, 15) is 9.59 Å². The highest BCUT2D eigenvalue weighted by molar-refractivity contribution is 7.99. The minimum atomic E-state index is -0.148. The van der Waals surface area contributed by atoms with Crippen LogP contribution in [0, 0.1) is 0 Å². The Morgan fingerprint density at radius 1 is 1.31 bits per heavy atom. The highest BCUT2D eigenvalue weighted by atomic mass is 32.2. The van der Waals surface area contributed by atoms with E-state index >= 15 is 0 Å². The van der Waals surface area contributed by atoms with E-state index in [1.807, 2.05) is 29.6 Å². The number of carbonyl (C=O) groups is 1. The molecule has 0 aliphatic heterocycles. The van der Waals surface area contributed by atoms with Gasteiger partial charge in [-0.15, -0.1) is 11.3 Å². The first-order chi connectivity index (χ1) is 12.7. The molecule has 2 aromatic heterocycles. The Labute approximate surface area is 158 Å². The van der Waals surface area contributed by atoms with Gasteiger partial charge < -0.3 is 5.32 Å². The molecule has 0 spiro atoms. The van der Waals surface area contributed by atoms with Gasteiger partial charge >= 0.3 is 0 Å². The number of amides is 1. The van der Waals surface area contributed by atoms with E-state index in [0.29, 0.717) is 21.2 Å². The smallest absolute Gasteiger partial charge is 0.262 e. The predicted octanol–water partition coefficient (Wildman–Crippen LogP) is 3.70. The number of aromatic nitrogens is 3.